The van der Waals surface area contributed by atoms with Gasteiger partial charge in [-0.05, 0) is 31.2 Å². The molecule has 4 aromatic rings. The highest BCUT2D eigenvalue weighted by atomic mass is 32.1. The van der Waals surface area contributed by atoms with Crippen molar-refractivity contribution in [2.75, 3.05) is 21.7 Å². The van der Waals surface area contributed by atoms with Crippen LogP contribution in [-0.4, -0.2) is 27.1 Å². The summed E-state index contributed by atoms with van der Waals surface area (Å²) in [6.45, 7) is 1.73. The molecule has 0 bridgehead atoms. The summed E-state index contributed by atoms with van der Waals surface area (Å²) >= 11 is 1.32. The first-order valence-corrected chi connectivity index (χ1v) is 9.28. The molecule has 0 saturated heterocycles. The van der Waals surface area contributed by atoms with Crippen LogP contribution in [0.15, 0.2) is 46.6 Å². The van der Waals surface area contributed by atoms with Crippen molar-refractivity contribution in [3.8, 4) is 0 Å². The lowest BCUT2D eigenvalue weighted by Gasteiger charge is -2.08. The zero-order chi connectivity index (χ0) is 20.4. The second-order valence-electron chi connectivity index (χ2n) is 6.02. The van der Waals surface area contributed by atoms with E-state index in [1.54, 1.807) is 42.6 Å². The van der Waals surface area contributed by atoms with Gasteiger partial charge in [0.1, 0.15) is 22.7 Å². The van der Waals surface area contributed by atoms with Gasteiger partial charge in [-0.2, -0.15) is 0 Å². The molecule has 11 heteroatoms. The van der Waals surface area contributed by atoms with Crippen molar-refractivity contribution in [2.24, 2.45) is 0 Å². The number of rotatable bonds is 4. The van der Waals surface area contributed by atoms with Crippen molar-refractivity contribution < 1.29 is 14.1 Å². The number of hydrogen-bond donors (Lipinski definition) is 4. The van der Waals surface area contributed by atoms with Crippen LogP contribution in [0.3, 0.4) is 0 Å². The first kappa shape index (κ1) is 18.4. The predicted molar refractivity (Wildman–Crippen MR) is 110 cm³/mol. The maximum Gasteiger partial charge on any atom is 0.324 e. The minimum atomic E-state index is -0.463. The topological polar surface area (TPSA) is 148 Å². The largest absolute Gasteiger partial charge is 0.383 e. The van der Waals surface area contributed by atoms with E-state index in [0.29, 0.717) is 38.7 Å². The van der Waals surface area contributed by atoms with Crippen molar-refractivity contribution in [1.29, 1.82) is 0 Å². The molecule has 3 amide bonds. The van der Waals surface area contributed by atoms with E-state index in [2.05, 4.69) is 31.1 Å². The maximum absolute atomic E-state index is 12.6. The number of nitrogens with two attached hydrogens (primary N) is 1. The highest BCUT2D eigenvalue weighted by Crippen LogP contribution is 2.28. The Kier molecular flexibility index (Phi) is 4.79. The zero-order valence-corrected chi connectivity index (χ0v) is 15.9. The molecule has 0 unspecified atom stereocenters. The Bertz CT molecular complexity index is 1200. The molecular formula is C18H15N7O3S. The van der Waals surface area contributed by atoms with Gasteiger partial charge >= 0.3 is 6.03 Å². The van der Waals surface area contributed by atoms with Crippen molar-refractivity contribution in [3.63, 3.8) is 0 Å². The Morgan fingerprint density at radius 3 is 2.48 bits per heavy atom. The number of carbonyl (C=O) groups is 2. The van der Waals surface area contributed by atoms with Crippen LogP contribution in [0, 0.1) is 6.92 Å². The molecule has 10 nitrogen and oxygen atoms in total. The molecular weight excluding hydrogens is 394 g/mol. The number of nitrogens with one attached hydrogen (secondary N) is 3. The van der Waals surface area contributed by atoms with Crippen molar-refractivity contribution in [1.82, 2.24) is 15.1 Å². The lowest BCUT2D eigenvalue weighted by Crippen LogP contribution is -2.19. The summed E-state index contributed by atoms with van der Waals surface area (Å²) in [5, 5.41) is 13.9. The van der Waals surface area contributed by atoms with Crippen LogP contribution in [0.5, 0.6) is 0 Å². The molecule has 4 rings (SSSR count). The van der Waals surface area contributed by atoms with Crippen LogP contribution in [0.1, 0.15) is 16.1 Å². The summed E-state index contributed by atoms with van der Waals surface area (Å²) in [7, 11) is 0. The molecule has 0 aliphatic rings. The lowest BCUT2D eigenvalue weighted by molar-refractivity contribution is 0.102. The molecule has 0 radical (unpaired) electrons. The van der Waals surface area contributed by atoms with Gasteiger partial charge < -0.3 is 20.9 Å². The van der Waals surface area contributed by atoms with Crippen molar-refractivity contribution >= 4 is 56.5 Å². The molecule has 0 aliphatic carbocycles. The van der Waals surface area contributed by atoms with E-state index in [1.165, 1.54) is 17.7 Å². The minimum absolute atomic E-state index is 0.259. The summed E-state index contributed by atoms with van der Waals surface area (Å²) in [6.07, 6.45) is 1.36. The summed E-state index contributed by atoms with van der Waals surface area (Å²) in [5.41, 5.74) is 7.38. The van der Waals surface area contributed by atoms with Crippen LogP contribution >= 0.6 is 11.3 Å². The Labute approximate surface area is 168 Å². The molecule has 0 atom stereocenters. The van der Waals surface area contributed by atoms with Crippen LogP contribution in [0.2, 0.25) is 0 Å². The average molecular weight is 409 g/mol. The first-order valence-electron chi connectivity index (χ1n) is 8.40. The lowest BCUT2D eigenvalue weighted by atomic mass is 10.2. The fraction of sp³-hybridized carbons (Fsp3) is 0.0556. The highest BCUT2D eigenvalue weighted by Gasteiger charge is 2.16. The molecule has 0 spiro atoms. The number of benzene rings is 1. The van der Waals surface area contributed by atoms with Gasteiger partial charge in [0.15, 0.2) is 5.82 Å². The number of thiophene rings is 1. The van der Waals surface area contributed by atoms with Gasteiger partial charge in [0.25, 0.3) is 5.91 Å². The third-order valence-electron chi connectivity index (χ3n) is 3.91. The maximum atomic E-state index is 12.6. The molecule has 0 fully saturated rings. The SMILES string of the molecule is Cc1cc(NC(=O)Nc2ccc(NC(=O)c3csc4ncnc(N)c34)cc2)no1. The van der Waals surface area contributed by atoms with Crippen LogP contribution < -0.4 is 21.7 Å². The molecule has 0 saturated carbocycles. The van der Waals surface area contributed by atoms with Gasteiger partial charge in [-0.1, -0.05) is 5.16 Å². The van der Waals surface area contributed by atoms with E-state index >= 15 is 0 Å². The number of aromatic nitrogens is 3. The van der Waals surface area contributed by atoms with Gasteiger partial charge in [0.2, 0.25) is 0 Å². The van der Waals surface area contributed by atoms with Crippen molar-refractivity contribution in [2.45, 2.75) is 6.92 Å². The van der Waals surface area contributed by atoms with E-state index in [9.17, 15) is 9.59 Å². The second-order valence-corrected chi connectivity index (χ2v) is 6.88. The number of hydrogen-bond acceptors (Lipinski definition) is 8. The normalized spacial score (nSPS) is 10.7. The third kappa shape index (κ3) is 3.99. The number of nitrogen functional groups attached to an aromatic ring is 1. The molecule has 146 valence electrons. The van der Waals surface area contributed by atoms with E-state index in [1.807, 2.05) is 0 Å². The van der Waals surface area contributed by atoms with E-state index in [0.717, 1.165) is 0 Å². The number of urea groups is 1. The Morgan fingerprint density at radius 1 is 1.07 bits per heavy atom. The predicted octanol–water partition coefficient (Wildman–Crippen LogP) is 3.47. The Balaban J connectivity index is 1.41. The van der Waals surface area contributed by atoms with E-state index in [-0.39, 0.29) is 11.7 Å². The molecule has 5 N–H and O–H groups in total. The summed E-state index contributed by atoms with van der Waals surface area (Å²) in [6, 6.07) is 7.79. The van der Waals surface area contributed by atoms with Crippen LogP contribution in [0.25, 0.3) is 10.2 Å². The van der Waals surface area contributed by atoms with Gasteiger partial charge in [-0.15, -0.1) is 11.3 Å². The molecule has 3 aromatic heterocycles. The number of nitrogens with zero attached hydrogens (tertiary/aromatic N) is 3. The van der Waals surface area contributed by atoms with Crippen LogP contribution in [0.4, 0.5) is 27.8 Å². The number of amides is 3. The smallest absolute Gasteiger partial charge is 0.324 e. The van der Waals surface area contributed by atoms with Gasteiger partial charge in [0, 0.05) is 22.8 Å². The Morgan fingerprint density at radius 2 is 1.79 bits per heavy atom. The number of anilines is 4. The van der Waals surface area contributed by atoms with Crippen molar-refractivity contribution in [3.05, 3.63) is 53.4 Å². The highest BCUT2D eigenvalue weighted by molar-refractivity contribution is 7.17. The third-order valence-corrected chi connectivity index (χ3v) is 4.80. The molecule has 1 aromatic carbocycles. The molecule has 29 heavy (non-hydrogen) atoms. The quantitative estimate of drug-likeness (QED) is 0.403. The van der Waals surface area contributed by atoms with E-state index in [4.69, 9.17) is 10.3 Å². The standard InChI is InChI=1S/C18H15N7O3S/c1-9-6-13(25-28-9)24-18(27)23-11-4-2-10(3-5-11)22-16(26)12-7-29-17-14(12)15(19)20-8-21-17/h2-8H,1H3,(H,22,26)(H2,19,20,21)(H2,23,24,25,27). The summed E-state index contributed by atoms with van der Waals surface area (Å²) in [4.78, 5) is 33.3. The molecule has 3 heterocycles. The molecule has 0 aliphatic heterocycles. The number of aryl methyl sites for hydroxylation is 1. The summed E-state index contributed by atoms with van der Waals surface area (Å²) in [5.74, 6) is 0.842. The van der Waals surface area contributed by atoms with Gasteiger partial charge in [0.05, 0.1) is 10.9 Å². The number of fused-ring (bicyclic) bond motifs is 1. The van der Waals surface area contributed by atoms with E-state index < -0.39 is 6.03 Å². The van der Waals surface area contributed by atoms with Gasteiger partial charge in [-0.3, -0.25) is 10.1 Å². The minimum Gasteiger partial charge on any atom is -0.383 e. The second kappa shape index (κ2) is 7.56. The zero-order valence-electron chi connectivity index (χ0n) is 15.1. The van der Waals surface area contributed by atoms with Gasteiger partial charge in [-0.25, -0.2) is 14.8 Å². The van der Waals surface area contributed by atoms with Crippen LogP contribution in [-0.2, 0) is 0 Å². The fourth-order valence-corrected chi connectivity index (χ4v) is 3.50. The monoisotopic (exact) mass is 409 g/mol. The fourth-order valence-electron chi connectivity index (χ4n) is 2.60. The number of carbonyl (C=O) groups excluding carboxylic acids is 2. The first-order chi connectivity index (χ1) is 14.0. The average Bonchev–Trinajstić information content (AvgIpc) is 3.30. The Hall–Kier alpha value is -3.99. The summed E-state index contributed by atoms with van der Waals surface area (Å²) < 4.78 is 4.89.